The molecule has 10 heteroatoms. The third kappa shape index (κ3) is 5.59. The minimum atomic E-state index is -0.198. The fourth-order valence-electron chi connectivity index (χ4n) is 3.38. The molecular formula is C22H25Cl2N7O. The number of nitrogens with one attached hydrogen (secondary N) is 4. The van der Waals surface area contributed by atoms with E-state index in [9.17, 15) is 4.79 Å². The number of anilines is 5. The van der Waals surface area contributed by atoms with Gasteiger partial charge in [0.1, 0.15) is 5.02 Å². The normalized spacial score (nSPS) is 13.1. The van der Waals surface area contributed by atoms with E-state index in [0.29, 0.717) is 28.0 Å². The molecule has 3 aromatic rings. The summed E-state index contributed by atoms with van der Waals surface area (Å²) in [6.07, 6.45) is 1.52. The Bertz CT molecular complexity index is 1060. The molecule has 4 rings (SSSR count). The van der Waals surface area contributed by atoms with Gasteiger partial charge in [0.15, 0.2) is 5.82 Å². The van der Waals surface area contributed by atoms with Gasteiger partial charge >= 0.3 is 0 Å². The second-order valence-corrected chi connectivity index (χ2v) is 7.46. The number of hydrogen-bond donors (Lipinski definition) is 4. The van der Waals surface area contributed by atoms with Crippen LogP contribution < -0.4 is 26.2 Å². The van der Waals surface area contributed by atoms with Crippen molar-refractivity contribution < 1.29 is 4.79 Å². The van der Waals surface area contributed by atoms with Crippen molar-refractivity contribution in [1.82, 2.24) is 20.6 Å². The van der Waals surface area contributed by atoms with E-state index in [1.54, 1.807) is 25.2 Å². The fraction of sp³-hybridized carbons (Fsp3) is 0.227. The molecule has 0 spiro atoms. The van der Waals surface area contributed by atoms with E-state index in [1.165, 1.54) is 11.9 Å². The number of aromatic nitrogens is 2. The predicted molar refractivity (Wildman–Crippen MR) is 132 cm³/mol. The second-order valence-electron chi connectivity index (χ2n) is 7.05. The highest BCUT2D eigenvalue weighted by Crippen LogP contribution is 2.27. The van der Waals surface area contributed by atoms with Gasteiger partial charge in [-0.15, -0.1) is 12.4 Å². The smallest absolute Gasteiger partial charge is 0.253 e. The molecule has 2 aromatic carbocycles. The molecule has 1 amide bonds. The van der Waals surface area contributed by atoms with Gasteiger partial charge in [0.25, 0.3) is 5.91 Å². The lowest BCUT2D eigenvalue weighted by atomic mass is 10.1. The maximum atomic E-state index is 12.1. The van der Waals surface area contributed by atoms with Crippen LogP contribution in [0.25, 0.3) is 0 Å². The minimum Gasteiger partial charge on any atom is -0.369 e. The fourth-order valence-corrected chi connectivity index (χ4v) is 3.51. The number of nitrogens with zero attached hydrogens (tertiary/aromatic N) is 3. The van der Waals surface area contributed by atoms with Crippen LogP contribution in [0.3, 0.4) is 0 Å². The van der Waals surface area contributed by atoms with E-state index in [4.69, 9.17) is 11.6 Å². The van der Waals surface area contributed by atoms with E-state index >= 15 is 0 Å². The van der Waals surface area contributed by atoms with Gasteiger partial charge in [-0.3, -0.25) is 4.79 Å². The second kappa shape index (κ2) is 11.0. The molecule has 1 aromatic heterocycles. The zero-order valence-electron chi connectivity index (χ0n) is 17.6. The summed E-state index contributed by atoms with van der Waals surface area (Å²) in [7, 11) is 1.59. The first-order chi connectivity index (χ1) is 15.1. The van der Waals surface area contributed by atoms with Crippen LogP contribution in [0.1, 0.15) is 10.4 Å². The van der Waals surface area contributed by atoms with Crippen molar-refractivity contribution in [3.05, 3.63) is 65.3 Å². The Morgan fingerprint density at radius 2 is 1.78 bits per heavy atom. The quantitative estimate of drug-likeness (QED) is 0.432. The van der Waals surface area contributed by atoms with Crippen LogP contribution >= 0.6 is 24.0 Å². The van der Waals surface area contributed by atoms with Crippen LogP contribution in [0.5, 0.6) is 0 Å². The predicted octanol–water partition coefficient (Wildman–Crippen LogP) is 3.81. The molecule has 1 saturated heterocycles. The number of carbonyl (C=O) groups excluding carboxylic acids is 1. The van der Waals surface area contributed by atoms with Crippen LogP contribution in [0.2, 0.25) is 5.02 Å². The first kappa shape index (κ1) is 23.6. The molecule has 1 fully saturated rings. The maximum absolute atomic E-state index is 12.1. The highest BCUT2D eigenvalue weighted by atomic mass is 35.5. The third-order valence-electron chi connectivity index (χ3n) is 5.00. The first-order valence-electron chi connectivity index (χ1n) is 10.1. The zero-order valence-corrected chi connectivity index (χ0v) is 19.1. The molecule has 2 heterocycles. The van der Waals surface area contributed by atoms with Crippen molar-refractivity contribution in [2.75, 3.05) is 48.8 Å². The summed E-state index contributed by atoms with van der Waals surface area (Å²) in [5.74, 6) is 0.614. The zero-order chi connectivity index (χ0) is 21.6. The number of carbonyl (C=O) groups is 1. The Morgan fingerprint density at radius 3 is 2.50 bits per heavy atom. The lowest BCUT2D eigenvalue weighted by Gasteiger charge is -2.29. The topological polar surface area (TPSA) is 94.2 Å². The number of halogens is 2. The van der Waals surface area contributed by atoms with Gasteiger partial charge in [0, 0.05) is 44.6 Å². The van der Waals surface area contributed by atoms with E-state index in [-0.39, 0.29) is 18.3 Å². The van der Waals surface area contributed by atoms with Crippen LogP contribution in [0.15, 0.2) is 54.7 Å². The molecule has 8 nitrogen and oxygen atoms in total. The van der Waals surface area contributed by atoms with Crippen LogP contribution in [0, 0.1) is 0 Å². The molecular weight excluding hydrogens is 449 g/mol. The Labute approximate surface area is 198 Å². The summed E-state index contributed by atoms with van der Waals surface area (Å²) >= 11 is 6.30. The Balaban J connectivity index is 0.00000289. The van der Waals surface area contributed by atoms with Gasteiger partial charge in [-0.1, -0.05) is 23.7 Å². The first-order valence-corrected chi connectivity index (χ1v) is 10.5. The SMILES string of the molecule is CNC(=O)c1ccccc1Nc1nc(Nc2ccc(N3CCNCC3)cc2)ncc1Cl.Cl. The number of hydrogen-bond acceptors (Lipinski definition) is 7. The average Bonchev–Trinajstić information content (AvgIpc) is 2.82. The Kier molecular flexibility index (Phi) is 8.10. The highest BCUT2D eigenvalue weighted by Gasteiger charge is 2.13. The summed E-state index contributed by atoms with van der Waals surface area (Å²) in [6.45, 7) is 3.99. The molecule has 32 heavy (non-hydrogen) atoms. The molecule has 0 saturated carbocycles. The molecule has 0 bridgehead atoms. The Morgan fingerprint density at radius 1 is 1.06 bits per heavy atom. The number of para-hydroxylation sites is 1. The molecule has 1 aliphatic heterocycles. The van der Waals surface area contributed by atoms with Crippen molar-refractivity contribution in [1.29, 1.82) is 0 Å². The molecule has 1 aliphatic rings. The molecule has 0 unspecified atom stereocenters. The van der Waals surface area contributed by atoms with E-state index < -0.39 is 0 Å². The number of benzene rings is 2. The van der Waals surface area contributed by atoms with Gasteiger partial charge in [0.05, 0.1) is 17.4 Å². The summed E-state index contributed by atoms with van der Waals surface area (Å²) in [5, 5.41) is 12.7. The summed E-state index contributed by atoms with van der Waals surface area (Å²) in [6, 6.07) is 15.3. The third-order valence-corrected chi connectivity index (χ3v) is 5.28. The van der Waals surface area contributed by atoms with Gasteiger partial charge < -0.3 is 26.2 Å². The minimum absolute atomic E-state index is 0. The lowest BCUT2D eigenvalue weighted by Crippen LogP contribution is -2.43. The monoisotopic (exact) mass is 473 g/mol. The van der Waals surface area contributed by atoms with Crippen LogP contribution in [0.4, 0.5) is 28.8 Å². The van der Waals surface area contributed by atoms with Crippen molar-refractivity contribution >= 4 is 58.7 Å². The van der Waals surface area contributed by atoms with Crippen molar-refractivity contribution in [2.24, 2.45) is 0 Å². The standard InChI is InChI=1S/C22H24ClN7O.ClH/c1-24-21(31)17-4-2-3-5-19(17)28-20-18(23)14-26-22(29-20)27-15-6-8-16(9-7-15)30-12-10-25-11-13-30;/h2-9,14,25H,10-13H2,1H3,(H,24,31)(H2,26,27,28,29);1H. The number of piperazine rings is 1. The van der Waals surface area contributed by atoms with Crippen molar-refractivity contribution in [2.45, 2.75) is 0 Å². The highest BCUT2D eigenvalue weighted by molar-refractivity contribution is 6.33. The average molecular weight is 474 g/mol. The van der Waals surface area contributed by atoms with Gasteiger partial charge in [-0.25, -0.2) is 4.98 Å². The lowest BCUT2D eigenvalue weighted by molar-refractivity contribution is 0.0964. The molecule has 4 N–H and O–H groups in total. The van der Waals surface area contributed by atoms with Gasteiger partial charge in [-0.05, 0) is 36.4 Å². The van der Waals surface area contributed by atoms with Crippen molar-refractivity contribution in [3.8, 4) is 0 Å². The Hall–Kier alpha value is -3.07. The van der Waals surface area contributed by atoms with Crippen LogP contribution in [-0.2, 0) is 0 Å². The summed E-state index contributed by atoms with van der Waals surface area (Å²) < 4.78 is 0. The van der Waals surface area contributed by atoms with E-state index in [1.807, 2.05) is 18.2 Å². The molecule has 0 radical (unpaired) electrons. The maximum Gasteiger partial charge on any atom is 0.253 e. The van der Waals surface area contributed by atoms with Gasteiger partial charge in [-0.2, -0.15) is 4.98 Å². The number of amides is 1. The number of rotatable bonds is 6. The largest absolute Gasteiger partial charge is 0.369 e. The van der Waals surface area contributed by atoms with Crippen molar-refractivity contribution in [3.63, 3.8) is 0 Å². The van der Waals surface area contributed by atoms with Crippen LogP contribution in [-0.4, -0.2) is 49.1 Å². The van der Waals surface area contributed by atoms with E-state index in [0.717, 1.165) is 31.9 Å². The summed E-state index contributed by atoms with van der Waals surface area (Å²) in [4.78, 5) is 23.2. The summed E-state index contributed by atoms with van der Waals surface area (Å²) in [5.41, 5.74) is 3.17. The molecule has 0 atom stereocenters. The molecule has 0 aliphatic carbocycles. The molecule has 168 valence electrons. The van der Waals surface area contributed by atoms with Gasteiger partial charge in [0.2, 0.25) is 5.95 Å². The van der Waals surface area contributed by atoms with E-state index in [2.05, 4.69) is 48.3 Å².